The number of halogens is 3. The third kappa shape index (κ3) is 5.46. The van der Waals surface area contributed by atoms with Crippen LogP contribution in [0.15, 0.2) is 73.0 Å². The average Bonchev–Trinajstić information content (AvgIpc) is 2.57. The van der Waals surface area contributed by atoms with Gasteiger partial charge in [-0.2, -0.15) is 0 Å². The molecule has 0 amide bonds. The van der Waals surface area contributed by atoms with E-state index >= 15 is 0 Å². The Morgan fingerprint density at radius 2 is 1.71 bits per heavy atom. The van der Waals surface area contributed by atoms with Crippen molar-refractivity contribution < 1.29 is 13.2 Å². The maximum absolute atomic E-state index is 14.4. The fourth-order valence-electron chi connectivity index (χ4n) is 1.98. The van der Waals surface area contributed by atoms with E-state index in [1.807, 2.05) is 6.26 Å². The lowest BCUT2D eigenvalue weighted by Gasteiger charge is -2.09. The Hall–Kier alpha value is -2.20. The molecule has 0 aliphatic rings. The Kier molecular flexibility index (Phi) is 8.72. The van der Waals surface area contributed by atoms with E-state index in [4.69, 9.17) is 0 Å². The van der Waals surface area contributed by atoms with Gasteiger partial charge in [0.25, 0.3) is 0 Å². The molecule has 1 rings (SSSR count). The maximum Gasteiger partial charge on any atom is 0.134 e. The van der Waals surface area contributed by atoms with Gasteiger partial charge in [0.2, 0.25) is 0 Å². The van der Waals surface area contributed by atoms with Crippen molar-refractivity contribution in [1.82, 2.24) is 0 Å². The van der Waals surface area contributed by atoms with Crippen molar-refractivity contribution in [2.24, 2.45) is 0 Å². The van der Waals surface area contributed by atoms with Gasteiger partial charge in [-0.3, -0.25) is 0 Å². The maximum atomic E-state index is 14.4. The van der Waals surface area contributed by atoms with Crippen LogP contribution in [0.4, 0.5) is 13.2 Å². The molecule has 0 saturated carbocycles. The van der Waals surface area contributed by atoms with E-state index < -0.39 is 11.6 Å². The molecule has 4 heteroatoms. The van der Waals surface area contributed by atoms with Crippen molar-refractivity contribution in [2.45, 2.75) is 6.92 Å². The van der Waals surface area contributed by atoms with E-state index in [2.05, 4.69) is 6.58 Å². The molecule has 1 aromatic carbocycles. The largest absolute Gasteiger partial charge is 0.215 e. The molecular weight excluding hydrogens is 329 g/mol. The Morgan fingerprint density at radius 1 is 1.04 bits per heavy atom. The molecule has 0 radical (unpaired) electrons. The van der Waals surface area contributed by atoms with Crippen LogP contribution < -0.4 is 0 Å². The topological polar surface area (TPSA) is 0 Å². The summed E-state index contributed by atoms with van der Waals surface area (Å²) in [5.41, 5.74) is 0.514. The molecule has 0 aliphatic carbocycles. The highest BCUT2D eigenvalue weighted by Gasteiger charge is 2.14. The molecule has 0 N–H and O–H groups in total. The van der Waals surface area contributed by atoms with Crippen molar-refractivity contribution >= 4 is 22.9 Å². The summed E-state index contributed by atoms with van der Waals surface area (Å²) in [6.45, 7) is 5.22. The minimum absolute atomic E-state index is 0.0785. The molecule has 0 aliphatic heterocycles. The minimum Gasteiger partial charge on any atom is -0.215 e. The molecule has 0 atom stereocenters. The van der Waals surface area contributed by atoms with Crippen molar-refractivity contribution in [3.8, 4) is 0 Å². The molecule has 1 aromatic rings. The summed E-state index contributed by atoms with van der Waals surface area (Å²) >= 11 is 1.43. The van der Waals surface area contributed by atoms with Gasteiger partial charge in [0.05, 0.1) is 11.9 Å². The van der Waals surface area contributed by atoms with Crippen LogP contribution in [-0.2, 0) is 0 Å². The molecule has 0 nitrogen and oxygen atoms in total. The Bertz CT molecular complexity index is 699. The fraction of sp³-hybridized carbons (Fsp3) is 0.100. The van der Waals surface area contributed by atoms with Crippen LogP contribution in [0.25, 0.3) is 11.1 Å². The summed E-state index contributed by atoms with van der Waals surface area (Å²) in [4.78, 5) is 0. The highest BCUT2D eigenvalue weighted by atomic mass is 32.2. The lowest BCUT2D eigenvalue weighted by atomic mass is 9.99. The molecule has 0 heterocycles. The van der Waals surface area contributed by atoms with Gasteiger partial charge in [-0.25, -0.2) is 13.2 Å². The van der Waals surface area contributed by atoms with Crippen LogP contribution in [0.2, 0.25) is 0 Å². The summed E-state index contributed by atoms with van der Waals surface area (Å²) in [7, 11) is 0. The molecule has 0 aromatic heterocycles. The molecule has 0 unspecified atom stereocenters. The van der Waals surface area contributed by atoms with Gasteiger partial charge >= 0.3 is 0 Å². The predicted molar refractivity (Wildman–Crippen MR) is 100 cm³/mol. The second kappa shape index (κ2) is 10.6. The second-order valence-corrected chi connectivity index (χ2v) is 5.39. The third-order valence-corrected chi connectivity index (χ3v) is 3.52. The lowest BCUT2D eigenvalue weighted by Crippen LogP contribution is -1.96. The minimum atomic E-state index is -0.738. The SMILES string of the molecule is C=C/C=C/C=C\C(=C/F)c1cc(F)c(C(/C=C\SC)=C\C)c(F)c1. The fourth-order valence-corrected chi connectivity index (χ4v) is 2.26. The molecule has 0 spiro atoms. The number of thioether (sulfide) groups is 1. The van der Waals surface area contributed by atoms with Gasteiger partial charge in [-0.1, -0.05) is 43.0 Å². The summed E-state index contributed by atoms with van der Waals surface area (Å²) in [6.07, 6.45) is 13.3. The Balaban J connectivity index is 3.27. The van der Waals surface area contributed by atoms with Gasteiger partial charge in [-0.05, 0) is 47.9 Å². The van der Waals surface area contributed by atoms with Crippen LogP contribution >= 0.6 is 11.8 Å². The van der Waals surface area contributed by atoms with Gasteiger partial charge < -0.3 is 0 Å². The van der Waals surface area contributed by atoms with Crippen LogP contribution in [0.5, 0.6) is 0 Å². The molecular formula is C20H19F3S. The zero-order chi connectivity index (χ0) is 17.9. The first-order valence-corrected chi connectivity index (χ1v) is 8.49. The number of benzene rings is 1. The van der Waals surface area contributed by atoms with E-state index in [-0.39, 0.29) is 16.7 Å². The van der Waals surface area contributed by atoms with E-state index in [1.165, 1.54) is 17.8 Å². The summed E-state index contributed by atoms with van der Waals surface area (Å²) in [5.74, 6) is -1.48. The zero-order valence-electron chi connectivity index (χ0n) is 13.6. The Morgan fingerprint density at radius 3 is 2.21 bits per heavy atom. The van der Waals surface area contributed by atoms with E-state index in [0.717, 1.165) is 12.1 Å². The number of rotatable bonds is 7. The number of hydrogen-bond acceptors (Lipinski definition) is 1. The first kappa shape index (κ1) is 19.8. The summed E-state index contributed by atoms with van der Waals surface area (Å²) in [5, 5.41) is 1.74. The lowest BCUT2D eigenvalue weighted by molar-refractivity contribution is 0.576. The van der Waals surface area contributed by atoms with Crippen molar-refractivity contribution in [3.05, 3.63) is 95.7 Å². The molecule has 0 bridgehead atoms. The highest BCUT2D eigenvalue weighted by molar-refractivity contribution is 8.01. The molecule has 24 heavy (non-hydrogen) atoms. The third-order valence-electron chi connectivity index (χ3n) is 3.11. The first-order chi connectivity index (χ1) is 11.6. The van der Waals surface area contributed by atoms with Crippen LogP contribution in [0.3, 0.4) is 0 Å². The summed E-state index contributed by atoms with van der Waals surface area (Å²) in [6, 6.07) is 2.25. The smallest absolute Gasteiger partial charge is 0.134 e. The van der Waals surface area contributed by atoms with Crippen molar-refractivity contribution in [3.63, 3.8) is 0 Å². The van der Waals surface area contributed by atoms with Gasteiger partial charge in [-0.15, -0.1) is 11.8 Å². The quantitative estimate of drug-likeness (QED) is 0.485. The standard InChI is InChI=1S/C20H19F3S/c1-4-6-7-8-9-16(14-21)17-12-18(22)20(19(23)13-17)15(5-2)10-11-24-3/h4-14H,1H2,2-3H3/b7-6+,9-8-,11-10-,15-5-,16-14+. The highest BCUT2D eigenvalue weighted by Crippen LogP contribution is 2.28. The molecule has 0 saturated heterocycles. The van der Waals surface area contributed by atoms with Gasteiger partial charge in [0.15, 0.2) is 0 Å². The van der Waals surface area contributed by atoms with Crippen molar-refractivity contribution in [1.29, 1.82) is 0 Å². The second-order valence-electron chi connectivity index (χ2n) is 4.64. The van der Waals surface area contributed by atoms with Gasteiger partial charge in [0.1, 0.15) is 11.6 Å². The summed E-state index contributed by atoms with van der Waals surface area (Å²) < 4.78 is 41.9. The number of hydrogen-bond donors (Lipinski definition) is 0. The normalized spacial score (nSPS) is 13.5. The molecule has 126 valence electrons. The van der Waals surface area contributed by atoms with Gasteiger partial charge in [0, 0.05) is 5.57 Å². The Labute approximate surface area is 145 Å². The molecule has 0 fully saturated rings. The van der Waals surface area contributed by atoms with E-state index in [0.29, 0.717) is 11.9 Å². The van der Waals surface area contributed by atoms with E-state index in [1.54, 1.807) is 48.8 Å². The van der Waals surface area contributed by atoms with Crippen LogP contribution in [0.1, 0.15) is 18.1 Å². The van der Waals surface area contributed by atoms with Crippen LogP contribution in [-0.4, -0.2) is 6.26 Å². The van der Waals surface area contributed by atoms with Crippen LogP contribution in [0, 0.1) is 11.6 Å². The average molecular weight is 348 g/mol. The first-order valence-electron chi connectivity index (χ1n) is 7.20. The zero-order valence-corrected chi connectivity index (χ0v) is 14.4. The predicted octanol–water partition coefficient (Wildman–Crippen LogP) is 6.85. The van der Waals surface area contributed by atoms with E-state index in [9.17, 15) is 13.2 Å². The number of allylic oxidation sites excluding steroid dienone is 9. The van der Waals surface area contributed by atoms with Crippen molar-refractivity contribution in [2.75, 3.05) is 6.26 Å². The monoisotopic (exact) mass is 348 g/mol.